The first-order valence-corrected chi connectivity index (χ1v) is 7.41. The van der Waals surface area contributed by atoms with E-state index in [9.17, 15) is 26.7 Å². The number of rotatable bonds is 6. The average Bonchev–Trinajstić information content (AvgIpc) is 2.64. The summed E-state index contributed by atoms with van der Waals surface area (Å²) in [4.78, 5) is 15.4. The number of nitrogens with zero attached hydrogens (tertiary/aromatic N) is 1. The molecule has 0 bridgehead atoms. The van der Waals surface area contributed by atoms with E-state index in [1.54, 1.807) is 0 Å². The first-order chi connectivity index (χ1) is 12.7. The number of esters is 1. The third kappa shape index (κ3) is 4.91. The second-order valence-electron chi connectivity index (χ2n) is 5.17. The van der Waals surface area contributed by atoms with Crippen molar-refractivity contribution in [3.63, 3.8) is 0 Å². The zero-order valence-electron chi connectivity index (χ0n) is 14.1. The molecule has 1 aromatic carbocycles. The lowest BCUT2D eigenvalue weighted by Crippen LogP contribution is -2.22. The molecule has 0 saturated heterocycles. The van der Waals surface area contributed by atoms with E-state index in [2.05, 4.69) is 14.5 Å². The van der Waals surface area contributed by atoms with E-state index in [1.165, 1.54) is 24.3 Å². The Morgan fingerprint density at radius 1 is 1.11 bits per heavy atom. The normalized spacial score (nSPS) is 12.7. The van der Waals surface area contributed by atoms with Crippen LogP contribution in [-0.4, -0.2) is 31.5 Å². The summed E-state index contributed by atoms with van der Waals surface area (Å²) in [5.74, 6) is -1.13. The lowest BCUT2D eigenvalue weighted by molar-refractivity contribution is -0.339. The maximum absolute atomic E-state index is 13.0. The first kappa shape index (κ1) is 20.6. The smallest absolute Gasteiger partial charge is 0.495 e. The molecule has 0 N–H and O–H groups in total. The Labute approximate surface area is 150 Å². The minimum atomic E-state index is -5.13. The minimum Gasteiger partial charge on any atom is -0.495 e. The summed E-state index contributed by atoms with van der Waals surface area (Å²) < 4.78 is 78.8. The van der Waals surface area contributed by atoms with E-state index in [1.807, 2.05) is 0 Å². The van der Waals surface area contributed by atoms with Gasteiger partial charge < -0.3 is 9.47 Å². The highest BCUT2D eigenvalue weighted by Crippen LogP contribution is 2.39. The van der Waals surface area contributed by atoms with Gasteiger partial charge in [-0.3, -0.25) is 9.72 Å². The fraction of sp³-hybridized carbons (Fsp3) is 0.294. The Balaban J connectivity index is 2.71. The van der Waals surface area contributed by atoms with Crippen LogP contribution >= 0.6 is 0 Å². The number of hydrogen-bond donors (Lipinski definition) is 0. The molecule has 27 heavy (non-hydrogen) atoms. The highest BCUT2D eigenvalue weighted by Gasteiger charge is 2.38. The molecule has 0 amide bonds. The Bertz CT molecular complexity index is 810. The lowest BCUT2D eigenvalue weighted by Gasteiger charge is -2.24. The van der Waals surface area contributed by atoms with Crippen LogP contribution in [0.25, 0.3) is 0 Å². The van der Waals surface area contributed by atoms with Gasteiger partial charge in [0.25, 0.3) is 6.43 Å². The van der Waals surface area contributed by atoms with Crippen molar-refractivity contribution in [3.05, 3.63) is 58.9 Å². The molecule has 0 saturated carbocycles. The average molecular weight is 391 g/mol. The SMILES string of the molecule is COC(=O)c1ccccc1C(OC(F)(F)F)c1cc(C(F)F)ncc1OC. The molecule has 1 heterocycles. The Morgan fingerprint density at radius 3 is 2.33 bits per heavy atom. The van der Waals surface area contributed by atoms with Gasteiger partial charge in [-0.05, 0) is 12.1 Å². The molecular formula is C17H14F5NO4. The largest absolute Gasteiger partial charge is 0.523 e. The van der Waals surface area contributed by atoms with Crippen LogP contribution < -0.4 is 4.74 Å². The fourth-order valence-corrected chi connectivity index (χ4v) is 2.42. The molecule has 0 spiro atoms. The van der Waals surface area contributed by atoms with Crippen LogP contribution in [0.5, 0.6) is 5.75 Å². The van der Waals surface area contributed by atoms with Crippen LogP contribution in [0.2, 0.25) is 0 Å². The molecular weight excluding hydrogens is 377 g/mol. The van der Waals surface area contributed by atoms with Gasteiger partial charge in [0.15, 0.2) is 0 Å². The number of alkyl halides is 5. The predicted molar refractivity (Wildman–Crippen MR) is 82.5 cm³/mol. The quantitative estimate of drug-likeness (QED) is 0.538. The van der Waals surface area contributed by atoms with Gasteiger partial charge in [-0.1, -0.05) is 18.2 Å². The van der Waals surface area contributed by atoms with Gasteiger partial charge in [-0.2, -0.15) is 0 Å². The molecule has 0 fully saturated rings. The summed E-state index contributed by atoms with van der Waals surface area (Å²) in [6.45, 7) is 0. The van der Waals surface area contributed by atoms with Crippen molar-refractivity contribution in [3.8, 4) is 5.75 Å². The number of methoxy groups -OCH3 is 2. The Hall–Kier alpha value is -2.75. The second-order valence-corrected chi connectivity index (χ2v) is 5.17. The van der Waals surface area contributed by atoms with Crippen LogP contribution in [0.1, 0.15) is 39.7 Å². The zero-order chi connectivity index (χ0) is 20.2. The molecule has 2 rings (SSSR count). The van der Waals surface area contributed by atoms with Crippen molar-refractivity contribution < 1.29 is 41.0 Å². The maximum atomic E-state index is 13.0. The number of hydrogen-bond acceptors (Lipinski definition) is 5. The number of carbonyl (C=O) groups excluding carboxylic acids is 1. The van der Waals surface area contributed by atoms with Crippen LogP contribution in [0.4, 0.5) is 22.0 Å². The molecule has 1 atom stereocenters. The van der Waals surface area contributed by atoms with Gasteiger partial charge in [-0.25, -0.2) is 13.6 Å². The highest BCUT2D eigenvalue weighted by molar-refractivity contribution is 5.91. The zero-order valence-corrected chi connectivity index (χ0v) is 14.1. The number of carbonyl (C=O) groups is 1. The summed E-state index contributed by atoms with van der Waals surface area (Å²) in [5, 5.41) is 0. The van der Waals surface area contributed by atoms with E-state index in [0.717, 1.165) is 26.5 Å². The van der Waals surface area contributed by atoms with E-state index in [4.69, 9.17) is 4.74 Å². The van der Waals surface area contributed by atoms with Gasteiger partial charge >= 0.3 is 12.3 Å². The number of aromatic nitrogens is 1. The standard InChI is InChI=1S/C17H14F5NO4/c1-25-13-8-23-12(15(18)19)7-11(13)14(27-17(20,21)22)9-5-3-4-6-10(9)16(24)26-2/h3-8,14-15H,1-2H3. The van der Waals surface area contributed by atoms with E-state index >= 15 is 0 Å². The van der Waals surface area contributed by atoms with Crippen molar-refractivity contribution in [2.75, 3.05) is 14.2 Å². The van der Waals surface area contributed by atoms with Crippen LogP contribution in [0, 0.1) is 0 Å². The third-order valence-corrected chi connectivity index (χ3v) is 3.54. The molecule has 146 valence electrons. The summed E-state index contributed by atoms with van der Waals surface area (Å²) in [7, 11) is 2.19. The van der Waals surface area contributed by atoms with Crippen molar-refractivity contribution in [2.24, 2.45) is 0 Å². The number of benzene rings is 1. The molecule has 0 aliphatic carbocycles. The second kappa shape index (κ2) is 8.30. The fourth-order valence-electron chi connectivity index (χ4n) is 2.42. The number of halogens is 5. The summed E-state index contributed by atoms with van der Waals surface area (Å²) in [6.07, 6.45) is -9.26. The summed E-state index contributed by atoms with van der Waals surface area (Å²) in [5.41, 5.74) is -1.58. The summed E-state index contributed by atoms with van der Waals surface area (Å²) >= 11 is 0. The lowest BCUT2D eigenvalue weighted by atomic mass is 9.96. The first-order valence-electron chi connectivity index (χ1n) is 7.41. The molecule has 5 nitrogen and oxygen atoms in total. The number of pyridine rings is 1. The molecule has 2 aromatic rings. The van der Waals surface area contributed by atoms with Crippen LogP contribution in [-0.2, 0) is 9.47 Å². The molecule has 10 heteroatoms. The minimum absolute atomic E-state index is 0.215. The molecule has 0 radical (unpaired) electrons. The molecule has 1 aromatic heterocycles. The highest BCUT2D eigenvalue weighted by atomic mass is 19.4. The van der Waals surface area contributed by atoms with Gasteiger partial charge in [0.05, 0.1) is 26.0 Å². The van der Waals surface area contributed by atoms with Crippen LogP contribution in [0.15, 0.2) is 36.5 Å². The van der Waals surface area contributed by atoms with E-state index < -0.39 is 30.6 Å². The van der Waals surface area contributed by atoms with Gasteiger partial charge in [0.2, 0.25) is 0 Å². The third-order valence-electron chi connectivity index (χ3n) is 3.54. The van der Waals surface area contributed by atoms with Crippen molar-refractivity contribution in [2.45, 2.75) is 18.9 Å². The van der Waals surface area contributed by atoms with Crippen molar-refractivity contribution >= 4 is 5.97 Å². The molecule has 0 aliphatic heterocycles. The Morgan fingerprint density at radius 2 is 1.78 bits per heavy atom. The van der Waals surface area contributed by atoms with Crippen LogP contribution in [0.3, 0.4) is 0 Å². The van der Waals surface area contributed by atoms with Crippen molar-refractivity contribution in [1.29, 1.82) is 0 Å². The van der Waals surface area contributed by atoms with Gasteiger partial charge in [-0.15, -0.1) is 13.2 Å². The maximum Gasteiger partial charge on any atom is 0.523 e. The van der Waals surface area contributed by atoms with Gasteiger partial charge in [0.1, 0.15) is 17.5 Å². The predicted octanol–water partition coefficient (Wildman–Crippen LogP) is 4.44. The molecule has 1 unspecified atom stereocenters. The summed E-state index contributed by atoms with van der Waals surface area (Å²) in [6, 6.07) is 5.96. The number of ether oxygens (including phenoxy) is 3. The van der Waals surface area contributed by atoms with Gasteiger partial charge in [0, 0.05) is 11.1 Å². The van der Waals surface area contributed by atoms with Crippen molar-refractivity contribution in [1.82, 2.24) is 4.98 Å². The topological polar surface area (TPSA) is 57.7 Å². The Kier molecular flexibility index (Phi) is 6.32. The molecule has 0 aliphatic rings. The monoisotopic (exact) mass is 391 g/mol. The van der Waals surface area contributed by atoms with E-state index in [-0.39, 0.29) is 22.4 Å². The van der Waals surface area contributed by atoms with E-state index in [0.29, 0.717) is 0 Å².